The van der Waals surface area contributed by atoms with Gasteiger partial charge in [-0.3, -0.25) is 0 Å². The van der Waals surface area contributed by atoms with Crippen molar-refractivity contribution in [2.75, 3.05) is 0 Å². The van der Waals surface area contributed by atoms with Crippen LogP contribution in [0.5, 0.6) is 0 Å². The normalized spacial score (nSPS) is 7.50. The SMILES string of the molecule is O=C([O][Pm])C(=O)[O][Pm]. The molecule has 0 heterocycles. The van der Waals surface area contributed by atoms with Gasteiger partial charge in [-0.05, 0) is 0 Å². The van der Waals surface area contributed by atoms with Gasteiger partial charge in [-0.25, -0.2) is 0 Å². The molecule has 0 rings (SSSR count). The molecule has 4 nitrogen and oxygen atoms in total. The van der Waals surface area contributed by atoms with E-state index in [2.05, 4.69) is 2.24 Å². The molecule has 0 unspecified atom stereocenters. The quantitative estimate of drug-likeness (QED) is 0.508. The van der Waals surface area contributed by atoms with Gasteiger partial charge in [-0.15, -0.1) is 0 Å². The first-order valence-electron chi connectivity index (χ1n) is 1.43. The second-order valence-electron chi connectivity index (χ2n) is 0.757. The van der Waals surface area contributed by atoms with Crippen molar-refractivity contribution in [3.8, 4) is 0 Å². The van der Waals surface area contributed by atoms with Crippen molar-refractivity contribution in [1.29, 1.82) is 0 Å². The molecular formula is C2O4Pm2. The summed E-state index contributed by atoms with van der Waals surface area (Å²) in [5, 5.41) is 0. The molecule has 0 fully saturated rings. The van der Waals surface area contributed by atoms with Crippen molar-refractivity contribution in [3.05, 3.63) is 0 Å². The van der Waals surface area contributed by atoms with Crippen molar-refractivity contribution in [2.45, 2.75) is 0 Å². The van der Waals surface area contributed by atoms with E-state index < -0.39 is 11.9 Å². The van der Waals surface area contributed by atoms with Gasteiger partial charge in [0.05, 0.1) is 0 Å². The summed E-state index contributed by atoms with van der Waals surface area (Å²) in [5.41, 5.74) is 0. The fourth-order valence-corrected chi connectivity index (χ4v) is 0.553. The number of hydrogen-bond acceptors (Lipinski definition) is 4. The molecule has 0 spiro atoms. The maximum absolute atomic E-state index is 10.1. The summed E-state index contributed by atoms with van der Waals surface area (Å²) in [6.07, 6.45) is 0. The summed E-state index contributed by atoms with van der Waals surface area (Å²) >= 11 is 0.829. The Kier molecular flexibility index (Phi) is 6.50. The third kappa shape index (κ3) is 3.60. The van der Waals surface area contributed by atoms with Crippen LogP contribution in [-0.2, 0) is 11.8 Å². The van der Waals surface area contributed by atoms with Crippen LogP contribution >= 0.6 is 0 Å². The standard InChI is InChI=1S/C2H2O4.2Pm/c3-1(4)2(5)6;;/h(H,3,4)(H,5,6);;/q;2*+1/p-2. The molecular weight excluding hydrogens is 378 g/mol. The van der Waals surface area contributed by atoms with E-state index in [-0.39, 0.29) is 0 Å². The number of carbonyl (C=O) groups excluding carboxylic acids is 2. The Morgan fingerprint density at radius 1 is 1.00 bits per heavy atom. The van der Waals surface area contributed by atoms with Crippen LogP contribution in [0.4, 0.5) is 0 Å². The van der Waals surface area contributed by atoms with Crippen LogP contribution in [0.1, 0.15) is 0 Å². The predicted octanol–water partition coefficient (Wildman–Crippen LogP) is -0.999. The third-order valence-corrected chi connectivity index (χ3v) is 1.40. The first-order chi connectivity index (χ1) is 3.72. The Morgan fingerprint density at radius 2 is 1.25 bits per heavy atom. The number of hydrogen-bond donors (Lipinski definition) is 0. The van der Waals surface area contributed by atoms with E-state index in [4.69, 9.17) is 0 Å². The second kappa shape index (κ2) is 5.40. The summed E-state index contributed by atoms with van der Waals surface area (Å²) in [4.78, 5) is 20.2. The van der Waals surface area contributed by atoms with Gasteiger partial charge >= 0.3 is 102 Å². The molecule has 0 aliphatic carbocycles. The van der Waals surface area contributed by atoms with Crippen LogP contribution in [0.25, 0.3) is 0 Å². The van der Waals surface area contributed by atoms with Crippen molar-refractivity contribution in [3.63, 3.8) is 0 Å². The first-order valence-corrected chi connectivity index (χ1v) is 3.77. The number of carbonyl (C=O) groups is 2. The topological polar surface area (TPSA) is 52.6 Å². The van der Waals surface area contributed by atoms with E-state index in [9.17, 15) is 9.59 Å². The van der Waals surface area contributed by atoms with Gasteiger partial charge in [0.2, 0.25) is 0 Å². The van der Waals surface area contributed by atoms with Gasteiger partial charge in [0, 0.05) is 0 Å². The van der Waals surface area contributed by atoms with Gasteiger partial charge in [0.25, 0.3) is 0 Å². The van der Waals surface area contributed by atoms with Crippen LogP contribution in [0.2, 0.25) is 0 Å². The molecule has 8 heavy (non-hydrogen) atoms. The van der Waals surface area contributed by atoms with Gasteiger partial charge in [-0.2, -0.15) is 0 Å². The molecule has 42 valence electrons. The molecule has 0 aromatic heterocycles. The number of rotatable bonds is 0. The van der Waals surface area contributed by atoms with Crippen LogP contribution < -0.4 is 0 Å². The van der Waals surface area contributed by atoms with Crippen molar-refractivity contribution >= 4 is 11.9 Å². The minimum absolute atomic E-state index is 0.414. The van der Waals surface area contributed by atoms with Gasteiger partial charge < -0.3 is 0 Å². The Bertz CT molecular complexity index is 96.6. The molecule has 0 aromatic carbocycles. The summed E-state index contributed by atoms with van der Waals surface area (Å²) < 4.78 is 8.24. The third-order valence-electron chi connectivity index (χ3n) is 0.332. The Morgan fingerprint density at radius 3 is 1.38 bits per heavy atom. The van der Waals surface area contributed by atoms with Gasteiger partial charge in [0.1, 0.15) is 0 Å². The molecule has 0 aromatic rings. The molecule has 0 atom stereocenters. The van der Waals surface area contributed by atoms with E-state index in [0.717, 1.165) is 0 Å². The molecule has 0 aliphatic rings. The average molecular weight is 378 g/mol. The average Bonchev–Trinajstić information content (AvgIpc) is 1.84. The van der Waals surface area contributed by atoms with Crippen LogP contribution in [-0.4, -0.2) is 11.9 Å². The predicted molar refractivity (Wildman–Crippen MR) is 12.2 cm³/mol. The van der Waals surface area contributed by atoms with Crippen molar-refractivity contribution < 1.29 is 89.7 Å². The Labute approximate surface area is 99.3 Å². The van der Waals surface area contributed by atoms with Crippen LogP contribution in [0, 0.1) is 77.9 Å². The monoisotopic (exact) mass is 378 g/mol. The summed E-state index contributed by atoms with van der Waals surface area (Å²) in [5.74, 6) is -1.80. The maximum atomic E-state index is 10.1. The summed E-state index contributed by atoms with van der Waals surface area (Å²) in [7, 11) is 0. The fourth-order valence-electron chi connectivity index (χ4n) is 0.0745. The molecule has 0 saturated carbocycles. The van der Waals surface area contributed by atoms with Crippen molar-refractivity contribution in [2.24, 2.45) is 0 Å². The van der Waals surface area contributed by atoms with Crippen LogP contribution in [0.3, 0.4) is 0 Å². The van der Waals surface area contributed by atoms with E-state index in [1.807, 2.05) is 0 Å². The molecule has 0 aliphatic heterocycles. The second-order valence-corrected chi connectivity index (χ2v) is 1.93. The molecule has 0 radical (unpaired) electrons. The van der Waals surface area contributed by atoms with Crippen molar-refractivity contribution in [1.82, 2.24) is 0 Å². The summed E-state index contributed by atoms with van der Waals surface area (Å²) in [6.45, 7) is 0. The minimum atomic E-state index is -0.902. The van der Waals surface area contributed by atoms with E-state index in [0.29, 0.717) is 77.9 Å². The zero-order valence-corrected chi connectivity index (χ0v) is 9.27. The molecule has 6 heteroatoms. The van der Waals surface area contributed by atoms with E-state index in [1.54, 1.807) is 0 Å². The molecule has 0 N–H and O–H groups in total. The van der Waals surface area contributed by atoms with E-state index >= 15 is 0 Å². The van der Waals surface area contributed by atoms with Gasteiger partial charge in [-0.1, -0.05) is 0 Å². The zero-order valence-electron chi connectivity index (χ0n) is 3.53. The fraction of sp³-hybridized carbons (Fsp3) is 0. The molecule has 0 amide bonds. The molecule has 0 saturated heterocycles. The Balaban J connectivity index is 3.64. The van der Waals surface area contributed by atoms with E-state index in [1.165, 1.54) is 0 Å². The molecule has 0 bridgehead atoms. The van der Waals surface area contributed by atoms with Gasteiger partial charge in [0.15, 0.2) is 0 Å². The first kappa shape index (κ1) is 9.62. The zero-order chi connectivity index (χ0) is 6.57. The van der Waals surface area contributed by atoms with Crippen LogP contribution in [0.15, 0.2) is 0 Å². The Hall–Kier alpha value is 1.62. The summed E-state index contributed by atoms with van der Waals surface area (Å²) in [6, 6.07) is 0.